The topological polar surface area (TPSA) is 68.4 Å². The maximum Gasteiger partial charge on any atom is 0.317 e. The maximum atomic E-state index is 12.3. The molecule has 1 aliphatic heterocycles. The SMILES string of the molecule is CC(C)NC(=O)N1CCCN(C(=O)c2cc[nH]c2)CC1. The Morgan fingerprint density at radius 1 is 1.20 bits per heavy atom. The molecule has 0 aromatic carbocycles. The van der Waals surface area contributed by atoms with Crippen LogP contribution < -0.4 is 5.32 Å². The quantitative estimate of drug-likeness (QED) is 0.855. The number of amides is 3. The van der Waals surface area contributed by atoms with E-state index >= 15 is 0 Å². The maximum absolute atomic E-state index is 12.3. The highest BCUT2D eigenvalue weighted by Gasteiger charge is 2.23. The van der Waals surface area contributed by atoms with E-state index in [0.717, 1.165) is 6.42 Å². The van der Waals surface area contributed by atoms with Crippen molar-refractivity contribution in [1.82, 2.24) is 20.1 Å². The molecule has 1 fully saturated rings. The molecule has 0 unspecified atom stereocenters. The summed E-state index contributed by atoms with van der Waals surface area (Å²) in [6.45, 7) is 6.42. The Bertz CT molecular complexity index is 456. The molecule has 20 heavy (non-hydrogen) atoms. The standard InChI is InChI=1S/C14H22N4O2/c1-11(2)16-14(20)18-7-3-6-17(8-9-18)13(19)12-4-5-15-10-12/h4-5,10-11,15H,3,6-9H2,1-2H3,(H,16,20). The highest BCUT2D eigenvalue weighted by atomic mass is 16.2. The van der Waals surface area contributed by atoms with E-state index in [4.69, 9.17) is 0 Å². The molecule has 2 N–H and O–H groups in total. The molecule has 0 radical (unpaired) electrons. The molecule has 0 spiro atoms. The molecule has 6 heteroatoms. The lowest BCUT2D eigenvalue weighted by Crippen LogP contribution is -2.44. The van der Waals surface area contributed by atoms with E-state index in [-0.39, 0.29) is 18.0 Å². The smallest absolute Gasteiger partial charge is 0.317 e. The second-order valence-electron chi connectivity index (χ2n) is 5.34. The average molecular weight is 278 g/mol. The fourth-order valence-corrected chi connectivity index (χ4v) is 2.30. The van der Waals surface area contributed by atoms with Gasteiger partial charge < -0.3 is 20.1 Å². The van der Waals surface area contributed by atoms with Gasteiger partial charge in [0.25, 0.3) is 5.91 Å². The van der Waals surface area contributed by atoms with E-state index in [1.54, 1.807) is 23.4 Å². The van der Waals surface area contributed by atoms with Crippen LogP contribution in [0.3, 0.4) is 0 Å². The van der Waals surface area contributed by atoms with Crippen molar-refractivity contribution in [3.05, 3.63) is 24.0 Å². The predicted molar refractivity (Wildman–Crippen MR) is 76.6 cm³/mol. The van der Waals surface area contributed by atoms with Crippen molar-refractivity contribution in [1.29, 1.82) is 0 Å². The van der Waals surface area contributed by atoms with Crippen LogP contribution in [-0.4, -0.2) is 58.9 Å². The molecule has 2 heterocycles. The molecule has 0 atom stereocenters. The molecule has 2 rings (SSSR count). The highest BCUT2D eigenvalue weighted by molar-refractivity contribution is 5.94. The second kappa shape index (κ2) is 6.45. The normalized spacial score (nSPS) is 16.1. The van der Waals surface area contributed by atoms with Gasteiger partial charge in [0.1, 0.15) is 0 Å². The van der Waals surface area contributed by atoms with Gasteiger partial charge in [-0.15, -0.1) is 0 Å². The fourth-order valence-electron chi connectivity index (χ4n) is 2.30. The van der Waals surface area contributed by atoms with Gasteiger partial charge in [-0.3, -0.25) is 4.79 Å². The Labute approximate surface area is 119 Å². The van der Waals surface area contributed by atoms with Gasteiger partial charge in [-0.05, 0) is 26.3 Å². The number of carbonyl (C=O) groups is 2. The Morgan fingerprint density at radius 2 is 1.90 bits per heavy atom. The van der Waals surface area contributed by atoms with E-state index in [2.05, 4.69) is 10.3 Å². The summed E-state index contributed by atoms with van der Waals surface area (Å²) in [5.74, 6) is 0.0253. The lowest BCUT2D eigenvalue weighted by atomic mass is 10.3. The summed E-state index contributed by atoms with van der Waals surface area (Å²) >= 11 is 0. The molecule has 0 aliphatic carbocycles. The van der Waals surface area contributed by atoms with Crippen molar-refractivity contribution >= 4 is 11.9 Å². The van der Waals surface area contributed by atoms with Gasteiger partial charge in [0, 0.05) is 44.6 Å². The molecule has 110 valence electrons. The summed E-state index contributed by atoms with van der Waals surface area (Å²) < 4.78 is 0. The lowest BCUT2D eigenvalue weighted by molar-refractivity contribution is 0.0762. The van der Waals surface area contributed by atoms with Gasteiger partial charge in [0.2, 0.25) is 0 Å². The zero-order valence-corrected chi connectivity index (χ0v) is 12.1. The predicted octanol–water partition coefficient (Wildman–Crippen LogP) is 1.28. The number of rotatable bonds is 2. The van der Waals surface area contributed by atoms with Crippen molar-refractivity contribution in [3.63, 3.8) is 0 Å². The minimum absolute atomic E-state index is 0.0253. The molecule has 1 aromatic rings. The number of aromatic nitrogens is 1. The number of carbonyl (C=O) groups excluding carboxylic acids is 2. The van der Waals surface area contributed by atoms with Crippen molar-refractivity contribution in [2.24, 2.45) is 0 Å². The molecule has 1 aromatic heterocycles. The van der Waals surface area contributed by atoms with Gasteiger partial charge in [-0.1, -0.05) is 0 Å². The van der Waals surface area contributed by atoms with Crippen LogP contribution in [0.2, 0.25) is 0 Å². The van der Waals surface area contributed by atoms with Crippen molar-refractivity contribution in [2.75, 3.05) is 26.2 Å². The first-order valence-electron chi connectivity index (χ1n) is 7.05. The summed E-state index contributed by atoms with van der Waals surface area (Å²) in [4.78, 5) is 30.7. The Morgan fingerprint density at radius 3 is 2.55 bits per heavy atom. The number of H-pyrrole nitrogens is 1. The number of aromatic amines is 1. The van der Waals surface area contributed by atoms with E-state index in [1.165, 1.54) is 0 Å². The molecule has 1 aliphatic rings. The Balaban J connectivity index is 1.92. The molecule has 3 amide bonds. The van der Waals surface area contributed by atoms with E-state index in [9.17, 15) is 9.59 Å². The van der Waals surface area contributed by atoms with Crippen LogP contribution in [0, 0.1) is 0 Å². The third kappa shape index (κ3) is 3.53. The number of nitrogens with zero attached hydrogens (tertiary/aromatic N) is 2. The molecular weight excluding hydrogens is 256 g/mol. The number of nitrogens with one attached hydrogen (secondary N) is 2. The van der Waals surface area contributed by atoms with Crippen LogP contribution in [0.15, 0.2) is 18.5 Å². The number of hydrogen-bond acceptors (Lipinski definition) is 2. The lowest BCUT2D eigenvalue weighted by Gasteiger charge is -2.23. The summed E-state index contributed by atoms with van der Waals surface area (Å²) in [6.07, 6.45) is 4.26. The molecular formula is C14H22N4O2. The largest absolute Gasteiger partial charge is 0.367 e. The first-order chi connectivity index (χ1) is 9.58. The third-order valence-corrected chi connectivity index (χ3v) is 3.33. The first-order valence-corrected chi connectivity index (χ1v) is 7.05. The second-order valence-corrected chi connectivity index (χ2v) is 5.34. The van der Waals surface area contributed by atoms with Gasteiger partial charge in [0.05, 0.1) is 5.56 Å². The van der Waals surface area contributed by atoms with Crippen LogP contribution in [0.25, 0.3) is 0 Å². The zero-order chi connectivity index (χ0) is 14.5. The van der Waals surface area contributed by atoms with Crippen LogP contribution in [0.4, 0.5) is 4.79 Å². The van der Waals surface area contributed by atoms with Crippen LogP contribution in [0.5, 0.6) is 0 Å². The Hall–Kier alpha value is -1.98. The molecule has 0 saturated carbocycles. The number of hydrogen-bond donors (Lipinski definition) is 2. The van der Waals surface area contributed by atoms with Crippen LogP contribution >= 0.6 is 0 Å². The Kier molecular flexibility index (Phi) is 4.65. The summed E-state index contributed by atoms with van der Waals surface area (Å²) in [7, 11) is 0. The van der Waals surface area contributed by atoms with Gasteiger partial charge in [-0.2, -0.15) is 0 Å². The van der Waals surface area contributed by atoms with Crippen LogP contribution in [0.1, 0.15) is 30.6 Å². The third-order valence-electron chi connectivity index (χ3n) is 3.33. The van der Waals surface area contributed by atoms with E-state index in [0.29, 0.717) is 31.7 Å². The number of urea groups is 1. The highest BCUT2D eigenvalue weighted by Crippen LogP contribution is 2.09. The zero-order valence-electron chi connectivity index (χ0n) is 12.1. The molecule has 6 nitrogen and oxygen atoms in total. The summed E-state index contributed by atoms with van der Waals surface area (Å²) in [5, 5.41) is 2.89. The fraction of sp³-hybridized carbons (Fsp3) is 0.571. The molecule has 0 bridgehead atoms. The first kappa shape index (κ1) is 14.4. The minimum atomic E-state index is -0.0454. The van der Waals surface area contributed by atoms with Crippen molar-refractivity contribution in [3.8, 4) is 0 Å². The minimum Gasteiger partial charge on any atom is -0.367 e. The van der Waals surface area contributed by atoms with Crippen molar-refractivity contribution < 1.29 is 9.59 Å². The molecule has 1 saturated heterocycles. The van der Waals surface area contributed by atoms with E-state index in [1.807, 2.05) is 18.7 Å². The van der Waals surface area contributed by atoms with Gasteiger partial charge >= 0.3 is 6.03 Å². The monoisotopic (exact) mass is 278 g/mol. The average Bonchev–Trinajstić information content (AvgIpc) is 2.81. The van der Waals surface area contributed by atoms with Crippen LogP contribution in [-0.2, 0) is 0 Å². The van der Waals surface area contributed by atoms with Crippen molar-refractivity contribution in [2.45, 2.75) is 26.3 Å². The van der Waals surface area contributed by atoms with Gasteiger partial charge in [0.15, 0.2) is 0 Å². The summed E-state index contributed by atoms with van der Waals surface area (Å²) in [5.41, 5.74) is 0.671. The van der Waals surface area contributed by atoms with Gasteiger partial charge in [-0.25, -0.2) is 4.79 Å². The summed E-state index contributed by atoms with van der Waals surface area (Å²) in [6, 6.07) is 1.86. The van der Waals surface area contributed by atoms with E-state index < -0.39 is 0 Å².